The van der Waals surface area contributed by atoms with E-state index >= 15 is 0 Å². The molecule has 1 fully saturated rings. The van der Waals surface area contributed by atoms with Crippen LogP contribution in [0.2, 0.25) is 0 Å². The Balaban J connectivity index is 1.77. The van der Waals surface area contributed by atoms with E-state index in [-0.39, 0.29) is 0 Å². The first-order valence-corrected chi connectivity index (χ1v) is 6.65. The summed E-state index contributed by atoms with van der Waals surface area (Å²) in [5.41, 5.74) is 7.93. The zero-order valence-corrected chi connectivity index (χ0v) is 11.1. The van der Waals surface area contributed by atoms with Crippen LogP contribution in [0.3, 0.4) is 0 Å². The number of nitrogens with two attached hydrogens (primary N) is 1. The molecule has 3 N–H and O–H groups in total. The van der Waals surface area contributed by atoms with Gasteiger partial charge in [0, 0.05) is 26.2 Å². The SMILES string of the molecule is COc1ccc(CCCN2CCNCC2)cc1N. The molecule has 18 heavy (non-hydrogen) atoms. The number of nitrogen functional groups attached to an aromatic ring is 1. The molecule has 0 radical (unpaired) electrons. The molecular weight excluding hydrogens is 226 g/mol. The molecule has 1 aromatic carbocycles. The van der Waals surface area contributed by atoms with Gasteiger partial charge in [-0.15, -0.1) is 0 Å². The van der Waals surface area contributed by atoms with E-state index in [1.807, 2.05) is 12.1 Å². The lowest BCUT2D eigenvalue weighted by Crippen LogP contribution is -2.43. The maximum absolute atomic E-state index is 5.90. The minimum atomic E-state index is 0.733. The molecule has 0 aromatic heterocycles. The Bertz CT molecular complexity index is 375. The van der Waals surface area contributed by atoms with Gasteiger partial charge in [0.15, 0.2) is 0 Å². The third-order valence-electron chi connectivity index (χ3n) is 3.44. The van der Waals surface area contributed by atoms with Crippen LogP contribution in [-0.2, 0) is 6.42 Å². The Morgan fingerprint density at radius 1 is 1.33 bits per heavy atom. The summed E-state index contributed by atoms with van der Waals surface area (Å²) in [6, 6.07) is 6.08. The smallest absolute Gasteiger partial charge is 0.141 e. The van der Waals surface area contributed by atoms with Gasteiger partial charge in [0.1, 0.15) is 5.75 Å². The van der Waals surface area contributed by atoms with Crippen molar-refractivity contribution >= 4 is 5.69 Å². The van der Waals surface area contributed by atoms with Crippen molar-refractivity contribution in [1.82, 2.24) is 10.2 Å². The number of nitrogens with zero attached hydrogens (tertiary/aromatic N) is 1. The maximum atomic E-state index is 5.90. The molecule has 100 valence electrons. The zero-order valence-electron chi connectivity index (χ0n) is 11.1. The Morgan fingerprint density at radius 2 is 2.11 bits per heavy atom. The van der Waals surface area contributed by atoms with E-state index in [2.05, 4.69) is 16.3 Å². The number of methoxy groups -OCH3 is 1. The zero-order chi connectivity index (χ0) is 12.8. The van der Waals surface area contributed by atoms with E-state index in [4.69, 9.17) is 10.5 Å². The van der Waals surface area contributed by atoms with Gasteiger partial charge in [-0.25, -0.2) is 0 Å². The Labute approximate surface area is 109 Å². The van der Waals surface area contributed by atoms with E-state index in [9.17, 15) is 0 Å². The maximum Gasteiger partial charge on any atom is 0.141 e. The third-order valence-corrected chi connectivity index (χ3v) is 3.44. The van der Waals surface area contributed by atoms with Crippen molar-refractivity contribution in [3.63, 3.8) is 0 Å². The van der Waals surface area contributed by atoms with Gasteiger partial charge in [0.05, 0.1) is 12.8 Å². The van der Waals surface area contributed by atoms with Gasteiger partial charge < -0.3 is 20.7 Å². The van der Waals surface area contributed by atoms with Gasteiger partial charge in [0.25, 0.3) is 0 Å². The highest BCUT2D eigenvalue weighted by Crippen LogP contribution is 2.22. The summed E-state index contributed by atoms with van der Waals surface area (Å²) in [5, 5.41) is 3.37. The van der Waals surface area contributed by atoms with Crippen molar-refractivity contribution in [2.45, 2.75) is 12.8 Å². The Morgan fingerprint density at radius 3 is 2.78 bits per heavy atom. The molecule has 4 nitrogen and oxygen atoms in total. The third kappa shape index (κ3) is 3.62. The van der Waals surface area contributed by atoms with Crippen LogP contribution in [0.5, 0.6) is 5.75 Å². The molecule has 1 aliphatic heterocycles. The van der Waals surface area contributed by atoms with Crippen molar-refractivity contribution < 1.29 is 4.74 Å². The van der Waals surface area contributed by atoms with Gasteiger partial charge in [-0.2, -0.15) is 0 Å². The van der Waals surface area contributed by atoms with Crippen LogP contribution in [0.15, 0.2) is 18.2 Å². The predicted octanol–water partition coefficient (Wildman–Crippen LogP) is 1.12. The number of ether oxygens (including phenoxy) is 1. The van der Waals surface area contributed by atoms with Crippen LogP contribution in [0.25, 0.3) is 0 Å². The first-order chi connectivity index (χ1) is 8.79. The summed E-state index contributed by atoms with van der Waals surface area (Å²) < 4.78 is 5.16. The number of hydrogen-bond donors (Lipinski definition) is 2. The molecule has 4 heteroatoms. The minimum Gasteiger partial charge on any atom is -0.495 e. The van der Waals surface area contributed by atoms with Crippen molar-refractivity contribution in [3.05, 3.63) is 23.8 Å². The van der Waals surface area contributed by atoms with Crippen molar-refractivity contribution in [2.24, 2.45) is 0 Å². The summed E-state index contributed by atoms with van der Waals surface area (Å²) in [6.07, 6.45) is 2.27. The molecule has 0 bridgehead atoms. The van der Waals surface area contributed by atoms with Crippen molar-refractivity contribution in [1.29, 1.82) is 0 Å². The monoisotopic (exact) mass is 249 g/mol. The van der Waals surface area contributed by atoms with E-state index in [0.29, 0.717) is 0 Å². The van der Waals surface area contributed by atoms with E-state index < -0.39 is 0 Å². The fraction of sp³-hybridized carbons (Fsp3) is 0.571. The lowest BCUT2D eigenvalue weighted by Gasteiger charge is -2.27. The fourth-order valence-electron chi connectivity index (χ4n) is 2.38. The topological polar surface area (TPSA) is 50.5 Å². The van der Waals surface area contributed by atoms with Gasteiger partial charge in [-0.05, 0) is 37.1 Å². The highest BCUT2D eigenvalue weighted by Gasteiger charge is 2.08. The van der Waals surface area contributed by atoms with Gasteiger partial charge >= 0.3 is 0 Å². The van der Waals surface area contributed by atoms with Crippen LogP contribution < -0.4 is 15.8 Å². The molecule has 0 spiro atoms. The van der Waals surface area contributed by atoms with E-state index in [0.717, 1.165) is 30.9 Å². The number of rotatable bonds is 5. The van der Waals surface area contributed by atoms with Crippen LogP contribution in [0, 0.1) is 0 Å². The molecule has 0 unspecified atom stereocenters. The quantitative estimate of drug-likeness (QED) is 0.768. The summed E-state index contributed by atoms with van der Waals surface area (Å²) in [4.78, 5) is 2.52. The van der Waals surface area contributed by atoms with E-state index in [1.54, 1.807) is 7.11 Å². The average molecular weight is 249 g/mol. The second kappa shape index (κ2) is 6.61. The number of anilines is 1. The Kier molecular flexibility index (Phi) is 4.84. The highest BCUT2D eigenvalue weighted by atomic mass is 16.5. The predicted molar refractivity (Wildman–Crippen MR) is 75.0 cm³/mol. The molecule has 0 saturated carbocycles. The molecule has 0 atom stereocenters. The van der Waals surface area contributed by atoms with Gasteiger partial charge in [-0.3, -0.25) is 0 Å². The summed E-state index contributed by atoms with van der Waals surface area (Å²) in [7, 11) is 1.65. The molecule has 2 rings (SSSR count). The molecule has 0 amide bonds. The van der Waals surface area contributed by atoms with Gasteiger partial charge in [-0.1, -0.05) is 6.07 Å². The molecule has 1 aliphatic rings. The largest absolute Gasteiger partial charge is 0.495 e. The Hall–Kier alpha value is -1.26. The first-order valence-electron chi connectivity index (χ1n) is 6.65. The number of piperazine rings is 1. The number of nitrogens with one attached hydrogen (secondary N) is 1. The number of benzene rings is 1. The van der Waals surface area contributed by atoms with Crippen LogP contribution in [0.1, 0.15) is 12.0 Å². The minimum absolute atomic E-state index is 0.733. The van der Waals surface area contributed by atoms with Crippen LogP contribution in [-0.4, -0.2) is 44.7 Å². The van der Waals surface area contributed by atoms with Gasteiger partial charge in [0.2, 0.25) is 0 Å². The van der Waals surface area contributed by atoms with Crippen LogP contribution in [0.4, 0.5) is 5.69 Å². The average Bonchev–Trinajstić information content (AvgIpc) is 2.40. The molecule has 0 aliphatic carbocycles. The second-order valence-corrected chi connectivity index (χ2v) is 4.77. The standard InChI is InChI=1S/C14H23N3O/c1-18-14-5-4-12(11-13(14)15)3-2-8-17-9-6-16-7-10-17/h4-5,11,16H,2-3,6-10,15H2,1H3. The fourth-order valence-corrected chi connectivity index (χ4v) is 2.38. The molecule has 1 saturated heterocycles. The molecule has 1 aromatic rings. The first kappa shape index (κ1) is 13.2. The van der Waals surface area contributed by atoms with Crippen molar-refractivity contribution in [2.75, 3.05) is 45.6 Å². The summed E-state index contributed by atoms with van der Waals surface area (Å²) >= 11 is 0. The summed E-state index contributed by atoms with van der Waals surface area (Å²) in [6.45, 7) is 5.76. The lowest BCUT2D eigenvalue weighted by atomic mass is 10.1. The highest BCUT2D eigenvalue weighted by molar-refractivity contribution is 5.54. The number of hydrogen-bond acceptors (Lipinski definition) is 4. The van der Waals surface area contributed by atoms with Crippen molar-refractivity contribution in [3.8, 4) is 5.75 Å². The molecular formula is C14H23N3O. The lowest BCUT2D eigenvalue weighted by molar-refractivity contribution is 0.238. The number of aryl methyl sites for hydroxylation is 1. The normalized spacial score (nSPS) is 16.7. The molecule has 1 heterocycles. The summed E-state index contributed by atoms with van der Waals surface area (Å²) in [5.74, 6) is 0.765. The second-order valence-electron chi connectivity index (χ2n) is 4.77. The van der Waals surface area contributed by atoms with Crippen LogP contribution >= 0.6 is 0 Å². The van der Waals surface area contributed by atoms with E-state index in [1.165, 1.54) is 31.6 Å².